The first-order valence-corrected chi connectivity index (χ1v) is 10.6. The smallest absolute Gasteiger partial charge is 0.249 e. The number of anilines is 1. The van der Waals surface area contributed by atoms with Crippen LogP contribution in [0.25, 0.3) is 0 Å². The normalized spacial score (nSPS) is 18.3. The number of aromatic nitrogens is 2. The van der Waals surface area contributed by atoms with Gasteiger partial charge < -0.3 is 14.4 Å². The molecule has 0 saturated carbocycles. The highest BCUT2D eigenvalue weighted by molar-refractivity contribution is 5.95. The van der Waals surface area contributed by atoms with Gasteiger partial charge in [-0.3, -0.25) is 14.5 Å². The lowest BCUT2D eigenvalue weighted by Crippen LogP contribution is -2.38. The van der Waals surface area contributed by atoms with Crippen LogP contribution >= 0.6 is 0 Å². The number of benzene rings is 1. The van der Waals surface area contributed by atoms with Crippen molar-refractivity contribution < 1.29 is 19.1 Å². The Morgan fingerprint density at radius 1 is 1.19 bits per heavy atom. The van der Waals surface area contributed by atoms with Gasteiger partial charge in [0.25, 0.3) is 0 Å². The maximum atomic E-state index is 12.9. The zero-order valence-corrected chi connectivity index (χ0v) is 18.3. The summed E-state index contributed by atoms with van der Waals surface area (Å²) in [6.45, 7) is 3.04. The SMILES string of the molecule is COCC(=O)N1CCC[C@@H]1c1nc(C)c2c(n1)N(Cc1ccccc1OC)C(=O)CC2. The molecule has 4 rings (SSSR count). The lowest BCUT2D eigenvalue weighted by molar-refractivity contribution is -0.136. The van der Waals surface area contributed by atoms with Gasteiger partial charge in [-0.05, 0) is 32.3 Å². The molecule has 2 aliphatic rings. The molecule has 0 bridgehead atoms. The van der Waals surface area contributed by atoms with E-state index in [0.717, 1.165) is 35.4 Å². The van der Waals surface area contributed by atoms with E-state index in [1.54, 1.807) is 16.9 Å². The van der Waals surface area contributed by atoms with Crippen molar-refractivity contribution in [3.05, 3.63) is 46.9 Å². The molecule has 2 aliphatic heterocycles. The summed E-state index contributed by atoms with van der Waals surface area (Å²) in [6, 6.07) is 7.49. The van der Waals surface area contributed by atoms with Crippen LogP contribution in [0.1, 0.15) is 47.9 Å². The van der Waals surface area contributed by atoms with Gasteiger partial charge in [-0.2, -0.15) is 0 Å². The Balaban J connectivity index is 1.71. The predicted octanol–water partition coefficient (Wildman–Crippen LogP) is 2.58. The summed E-state index contributed by atoms with van der Waals surface area (Å²) in [4.78, 5) is 38.5. The Morgan fingerprint density at radius 3 is 2.77 bits per heavy atom. The number of rotatable bonds is 6. The highest BCUT2D eigenvalue weighted by atomic mass is 16.5. The van der Waals surface area contributed by atoms with Gasteiger partial charge in [0.1, 0.15) is 18.2 Å². The Morgan fingerprint density at radius 2 is 2.00 bits per heavy atom. The Labute approximate surface area is 182 Å². The Kier molecular flexibility index (Phi) is 6.18. The van der Waals surface area contributed by atoms with E-state index in [1.807, 2.05) is 31.2 Å². The summed E-state index contributed by atoms with van der Waals surface area (Å²) in [5, 5.41) is 0. The van der Waals surface area contributed by atoms with E-state index in [2.05, 4.69) is 0 Å². The van der Waals surface area contributed by atoms with Crippen LogP contribution in [-0.2, 0) is 27.3 Å². The van der Waals surface area contributed by atoms with Crippen molar-refractivity contribution in [3.8, 4) is 5.75 Å². The van der Waals surface area contributed by atoms with Crippen LogP contribution in [0.4, 0.5) is 5.82 Å². The number of methoxy groups -OCH3 is 2. The first-order chi connectivity index (χ1) is 15.0. The predicted molar refractivity (Wildman–Crippen MR) is 115 cm³/mol. The summed E-state index contributed by atoms with van der Waals surface area (Å²) in [5.74, 6) is 1.95. The van der Waals surface area contributed by atoms with Gasteiger partial charge in [0.15, 0.2) is 5.82 Å². The molecule has 2 aromatic rings. The van der Waals surface area contributed by atoms with Gasteiger partial charge >= 0.3 is 0 Å². The molecule has 0 aliphatic carbocycles. The van der Waals surface area contributed by atoms with E-state index in [0.29, 0.717) is 37.6 Å². The average molecular weight is 425 g/mol. The van der Waals surface area contributed by atoms with Gasteiger partial charge in [-0.1, -0.05) is 18.2 Å². The van der Waals surface area contributed by atoms with E-state index < -0.39 is 0 Å². The second kappa shape index (κ2) is 9.01. The van der Waals surface area contributed by atoms with Gasteiger partial charge in [-0.15, -0.1) is 0 Å². The molecule has 2 amide bonds. The third-order valence-corrected chi connectivity index (χ3v) is 6.01. The molecule has 1 saturated heterocycles. The molecule has 164 valence electrons. The summed E-state index contributed by atoms with van der Waals surface area (Å²) in [5.41, 5.74) is 2.77. The van der Waals surface area contributed by atoms with Crippen LogP contribution in [0.2, 0.25) is 0 Å². The van der Waals surface area contributed by atoms with Crippen molar-refractivity contribution in [1.82, 2.24) is 14.9 Å². The number of ether oxygens (including phenoxy) is 2. The van der Waals surface area contributed by atoms with Crippen LogP contribution in [0, 0.1) is 6.92 Å². The van der Waals surface area contributed by atoms with E-state index in [1.165, 1.54) is 7.11 Å². The zero-order valence-electron chi connectivity index (χ0n) is 18.3. The Bertz CT molecular complexity index is 994. The van der Waals surface area contributed by atoms with Crippen molar-refractivity contribution in [2.75, 3.05) is 32.3 Å². The molecule has 0 unspecified atom stereocenters. The molecule has 1 atom stereocenters. The number of aryl methyl sites for hydroxylation is 1. The summed E-state index contributed by atoms with van der Waals surface area (Å²) >= 11 is 0. The molecule has 1 aromatic carbocycles. The Hall–Kier alpha value is -3.00. The van der Waals surface area contributed by atoms with Crippen molar-refractivity contribution in [2.45, 2.75) is 45.2 Å². The molecule has 0 spiro atoms. The zero-order chi connectivity index (χ0) is 22.0. The third kappa shape index (κ3) is 4.12. The van der Waals surface area contributed by atoms with Crippen molar-refractivity contribution in [2.24, 2.45) is 0 Å². The molecule has 8 nitrogen and oxygen atoms in total. The number of para-hydroxylation sites is 1. The van der Waals surface area contributed by atoms with Gasteiger partial charge in [0, 0.05) is 36.9 Å². The number of nitrogens with zero attached hydrogens (tertiary/aromatic N) is 4. The van der Waals surface area contributed by atoms with Crippen LogP contribution < -0.4 is 9.64 Å². The number of carbonyl (C=O) groups excluding carboxylic acids is 2. The number of amides is 2. The molecule has 31 heavy (non-hydrogen) atoms. The first-order valence-electron chi connectivity index (χ1n) is 10.6. The fraction of sp³-hybridized carbons (Fsp3) is 0.478. The van der Waals surface area contributed by atoms with Crippen molar-refractivity contribution in [1.29, 1.82) is 0 Å². The minimum absolute atomic E-state index is 0.0289. The second-order valence-corrected chi connectivity index (χ2v) is 7.94. The third-order valence-electron chi connectivity index (χ3n) is 6.01. The fourth-order valence-corrected chi connectivity index (χ4v) is 4.46. The second-order valence-electron chi connectivity index (χ2n) is 7.94. The van der Waals surface area contributed by atoms with Crippen molar-refractivity contribution in [3.63, 3.8) is 0 Å². The molecule has 1 aromatic heterocycles. The standard InChI is InChI=1S/C23H28N4O4/c1-15-17-10-11-20(28)27(13-16-7-4-5-9-19(16)31-3)23(17)25-22(24-15)18-8-6-12-26(18)21(29)14-30-2/h4-5,7,9,18H,6,8,10-14H2,1-3H3/t18-/m1/s1. The highest BCUT2D eigenvalue weighted by Gasteiger charge is 2.35. The van der Waals surface area contributed by atoms with Crippen molar-refractivity contribution >= 4 is 17.6 Å². The van der Waals surface area contributed by atoms with Gasteiger partial charge in [0.2, 0.25) is 11.8 Å². The van der Waals surface area contributed by atoms with Crippen LogP contribution in [0.3, 0.4) is 0 Å². The lowest BCUT2D eigenvalue weighted by atomic mass is 10.0. The fourth-order valence-electron chi connectivity index (χ4n) is 4.46. The largest absolute Gasteiger partial charge is 0.496 e. The summed E-state index contributed by atoms with van der Waals surface area (Å²) < 4.78 is 10.5. The van der Waals surface area contributed by atoms with E-state index in [4.69, 9.17) is 19.4 Å². The highest BCUT2D eigenvalue weighted by Crippen LogP contribution is 2.35. The number of fused-ring (bicyclic) bond motifs is 1. The summed E-state index contributed by atoms with van der Waals surface area (Å²) in [7, 11) is 3.14. The van der Waals surface area contributed by atoms with Gasteiger partial charge in [-0.25, -0.2) is 9.97 Å². The molecular formula is C23H28N4O4. The first kappa shape index (κ1) is 21.2. The maximum absolute atomic E-state index is 12.9. The van der Waals surface area contributed by atoms with E-state index in [-0.39, 0.29) is 24.5 Å². The minimum Gasteiger partial charge on any atom is -0.496 e. The van der Waals surface area contributed by atoms with Gasteiger partial charge in [0.05, 0.1) is 19.7 Å². The molecule has 3 heterocycles. The summed E-state index contributed by atoms with van der Waals surface area (Å²) in [6.07, 6.45) is 2.74. The topological polar surface area (TPSA) is 84.9 Å². The molecule has 1 fully saturated rings. The number of hydrogen-bond donors (Lipinski definition) is 0. The monoisotopic (exact) mass is 424 g/mol. The molecule has 0 radical (unpaired) electrons. The quantitative estimate of drug-likeness (QED) is 0.709. The van der Waals surface area contributed by atoms with Crippen LogP contribution in [-0.4, -0.2) is 54.1 Å². The average Bonchev–Trinajstić information content (AvgIpc) is 3.26. The van der Waals surface area contributed by atoms with Crippen LogP contribution in [0.15, 0.2) is 24.3 Å². The van der Waals surface area contributed by atoms with E-state index >= 15 is 0 Å². The van der Waals surface area contributed by atoms with Crippen LogP contribution in [0.5, 0.6) is 5.75 Å². The molecule has 8 heteroatoms. The number of likely N-dealkylation sites (tertiary alicyclic amines) is 1. The maximum Gasteiger partial charge on any atom is 0.249 e. The molecular weight excluding hydrogens is 396 g/mol. The van der Waals surface area contributed by atoms with E-state index in [9.17, 15) is 9.59 Å². The number of hydrogen-bond acceptors (Lipinski definition) is 6. The molecule has 0 N–H and O–H groups in total. The lowest BCUT2D eigenvalue weighted by Gasteiger charge is -2.31. The number of carbonyl (C=O) groups is 2. The minimum atomic E-state index is -0.197.